The van der Waals surface area contributed by atoms with Crippen LogP contribution in [-0.2, 0) is 15.5 Å². The van der Waals surface area contributed by atoms with Gasteiger partial charge in [0.05, 0.1) is 0 Å². The van der Waals surface area contributed by atoms with Crippen molar-refractivity contribution in [3.63, 3.8) is 0 Å². The van der Waals surface area contributed by atoms with Gasteiger partial charge in [-0.2, -0.15) is 0 Å². The van der Waals surface area contributed by atoms with E-state index in [1.54, 1.807) is 6.07 Å². The minimum atomic E-state index is -2.47. The van der Waals surface area contributed by atoms with Crippen LogP contribution in [-0.4, -0.2) is 28.4 Å². The first-order chi connectivity index (χ1) is 15.4. The van der Waals surface area contributed by atoms with E-state index in [4.69, 9.17) is 9.85 Å². The van der Waals surface area contributed by atoms with E-state index in [9.17, 15) is 9.59 Å². The highest BCUT2D eigenvalue weighted by molar-refractivity contribution is 6.85. The Morgan fingerprint density at radius 2 is 1.58 bits per heavy atom. The quantitative estimate of drug-likeness (QED) is 0.385. The predicted molar refractivity (Wildman–Crippen MR) is 141 cm³/mol. The van der Waals surface area contributed by atoms with Gasteiger partial charge in [0.2, 0.25) is 11.8 Å². The summed E-state index contributed by atoms with van der Waals surface area (Å²) in [7, 11) is -4.39. The first kappa shape index (κ1) is 27.0. The lowest BCUT2D eigenvalue weighted by Gasteiger charge is -2.42. The van der Waals surface area contributed by atoms with Gasteiger partial charge in [0.25, 0.3) is 0 Å². The van der Waals surface area contributed by atoms with Gasteiger partial charge >= 0.3 is 0 Å². The first-order valence-corrected chi connectivity index (χ1v) is 17.9. The van der Waals surface area contributed by atoms with Crippen molar-refractivity contribution >= 4 is 28.4 Å². The Labute approximate surface area is 201 Å². The Kier molecular flexibility index (Phi) is 9.63. The number of nitrogens with two attached hydrogens (primary N) is 1. The van der Waals surface area contributed by atoms with Gasteiger partial charge in [0.15, 0.2) is 16.6 Å². The van der Waals surface area contributed by atoms with E-state index in [1.807, 2.05) is 48.5 Å². The van der Waals surface area contributed by atoms with Crippen molar-refractivity contribution in [2.45, 2.75) is 71.0 Å². The largest absolute Gasteiger partial charge is 0.455 e. The Morgan fingerprint density at radius 3 is 2.15 bits per heavy atom. The molecule has 0 heterocycles. The fourth-order valence-electron chi connectivity index (χ4n) is 4.44. The number of hydrogen-bond donors (Lipinski definition) is 2. The van der Waals surface area contributed by atoms with Gasteiger partial charge in [0, 0.05) is 24.1 Å². The Hall–Kier alpha value is -2.23. The van der Waals surface area contributed by atoms with Crippen molar-refractivity contribution in [3.05, 3.63) is 71.3 Å². The molecule has 0 aliphatic heterocycles. The zero-order chi connectivity index (χ0) is 24.6. The summed E-state index contributed by atoms with van der Waals surface area (Å²) in [5, 5.41) is 3.05. The molecule has 0 aliphatic rings. The Morgan fingerprint density at radius 1 is 0.970 bits per heavy atom. The molecule has 0 saturated carbocycles. The molecule has 7 heteroatoms. The lowest BCUT2D eigenvalue weighted by Crippen LogP contribution is -2.50. The van der Waals surface area contributed by atoms with Crippen LogP contribution in [0.15, 0.2) is 54.6 Å². The van der Waals surface area contributed by atoms with Gasteiger partial charge in [-0.15, -0.1) is 0 Å². The molecular formula is C26H40N2O3Si2. The predicted octanol–water partition coefficient (Wildman–Crippen LogP) is 5.59. The van der Waals surface area contributed by atoms with Crippen molar-refractivity contribution in [2.24, 2.45) is 11.7 Å². The number of nitrogens with one attached hydrogen (secondary N) is 1. The smallest absolute Gasteiger partial charge is 0.248 e. The summed E-state index contributed by atoms with van der Waals surface area (Å²) in [6.45, 7) is 13.7. The van der Waals surface area contributed by atoms with E-state index in [2.05, 4.69) is 45.4 Å². The average Bonchev–Trinajstić information content (AvgIpc) is 2.74. The Balaban J connectivity index is 2.31. The van der Waals surface area contributed by atoms with E-state index in [0.29, 0.717) is 30.5 Å². The molecule has 0 aliphatic carbocycles. The number of carbonyl (C=O) groups excluding carboxylic acids is 2. The van der Waals surface area contributed by atoms with Crippen molar-refractivity contribution < 1.29 is 13.7 Å². The SMILES string of the molecule is CC(C)CC(c1ccccc1C(N)=O)[Si](C)(CCC(=O)NCc1ccccc1)O[Si](C)(C)C. The van der Waals surface area contributed by atoms with Crippen LogP contribution in [0, 0.1) is 5.92 Å². The summed E-state index contributed by atoms with van der Waals surface area (Å²) < 4.78 is 6.94. The second-order valence-electron chi connectivity index (χ2n) is 10.4. The molecule has 2 unspecified atom stereocenters. The van der Waals surface area contributed by atoms with E-state index >= 15 is 0 Å². The second kappa shape index (κ2) is 11.8. The average molecular weight is 485 g/mol. The molecular weight excluding hydrogens is 444 g/mol. The zero-order valence-electron chi connectivity index (χ0n) is 21.0. The lowest BCUT2D eigenvalue weighted by atomic mass is 9.97. The molecule has 0 aromatic heterocycles. The van der Waals surface area contributed by atoms with Gasteiger partial charge in [-0.05, 0) is 61.8 Å². The third-order valence-electron chi connectivity index (χ3n) is 5.77. The Bertz CT molecular complexity index is 929. The van der Waals surface area contributed by atoms with Crippen LogP contribution in [0.4, 0.5) is 0 Å². The van der Waals surface area contributed by atoms with E-state index < -0.39 is 22.5 Å². The van der Waals surface area contributed by atoms with Crippen LogP contribution in [0.5, 0.6) is 0 Å². The van der Waals surface area contributed by atoms with Crippen LogP contribution in [0.3, 0.4) is 0 Å². The molecule has 2 amide bonds. The summed E-state index contributed by atoms with van der Waals surface area (Å²) in [5.41, 5.74) is 8.44. The van der Waals surface area contributed by atoms with Crippen LogP contribution in [0.25, 0.3) is 0 Å². The number of hydrogen-bond acceptors (Lipinski definition) is 3. The normalized spacial score (nSPS) is 14.5. The van der Waals surface area contributed by atoms with E-state index in [0.717, 1.165) is 17.5 Å². The summed E-state index contributed by atoms with van der Waals surface area (Å²) in [6.07, 6.45) is 1.30. The maximum absolute atomic E-state index is 12.8. The first-order valence-electron chi connectivity index (χ1n) is 11.8. The minimum absolute atomic E-state index is 0.0308. The van der Waals surface area contributed by atoms with Gasteiger partial charge in [0.1, 0.15) is 0 Å². The lowest BCUT2D eigenvalue weighted by molar-refractivity contribution is -0.121. The fraction of sp³-hybridized carbons (Fsp3) is 0.462. The highest BCUT2D eigenvalue weighted by Gasteiger charge is 2.43. The molecule has 2 aromatic rings. The molecule has 0 saturated heterocycles. The molecule has 0 radical (unpaired) electrons. The van der Waals surface area contributed by atoms with Crippen molar-refractivity contribution in [1.29, 1.82) is 0 Å². The van der Waals surface area contributed by atoms with Gasteiger partial charge in [-0.3, -0.25) is 9.59 Å². The highest BCUT2D eigenvalue weighted by Crippen LogP contribution is 2.40. The van der Waals surface area contributed by atoms with Gasteiger partial charge in [-0.1, -0.05) is 62.4 Å². The molecule has 3 N–H and O–H groups in total. The minimum Gasteiger partial charge on any atom is -0.455 e. The zero-order valence-corrected chi connectivity index (χ0v) is 23.0. The topological polar surface area (TPSA) is 81.4 Å². The maximum Gasteiger partial charge on any atom is 0.248 e. The van der Waals surface area contributed by atoms with Gasteiger partial charge in [-0.25, -0.2) is 0 Å². The summed E-state index contributed by atoms with van der Waals surface area (Å²) in [5.74, 6) is 0.0347. The molecule has 0 fully saturated rings. The van der Waals surface area contributed by atoms with Gasteiger partial charge < -0.3 is 15.2 Å². The number of amides is 2. The van der Waals surface area contributed by atoms with Crippen LogP contribution < -0.4 is 11.1 Å². The molecule has 0 spiro atoms. The number of carbonyl (C=O) groups is 2. The number of primary amides is 1. The van der Waals surface area contributed by atoms with Crippen molar-refractivity contribution in [1.82, 2.24) is 5.32 Å². The molecule has 2 aromatic carbocycles. The van der Waals surface area contributed by atoms with Crippen LogP contribution in [0.2, 0.25) is 32.2 Å². The van der Waals surface area contributed by atoms with Crippen molar-refractivity contribution in [3.8, 4) is 0 Å². The van der Waals surface area contributed by atoms with Crippen LogP contribution in [0.1, 0.15) is 53.7 Å². The third kappa shape index (κ3) is 8.57. The number of rotatable bonds is 12. The highest BCUT2D eigenvalue weighted by atomic mass is 28.4. The second-order valence-corrected chi connectivity index (χ2v) is 19.3. The third-order valence-corrected chi connectivity index (χ3v) is 13.3. The van der Waals surface area contributed by atoms with Crippen molar-refractivity contribution in [2.75, 3.05) is 0 Å². The molecule has 5 nitrogen and oxygen atoms in total. The maximum atomic E-state index is 12.8. The summed E-state index contributed by atoms with van der Waals surface area (Å²) >= 11 is 0. The van der Waals surface area contributed by atoms with Crippen LogP contribution >= 0.6 is 0 Å². The molecule has 33 heavy (non-hydrogen) atoms. The standard InChI is InChI=1S/C26H40N2O3Si2/c1-20(2)18-24(22-14-10-11-15-23(22)26(27)30)33(6,31-32(3,4)5)17-16-25(29)28-19-21-12-8-7-9-13-21/h7-15,20,24H,16-19H2,1-6H3,(H2,27,30)(H,28,29). The summed E-state index contributed by atoms with van der Waals surface area (Å²) in [4.78, 5) is 25.0. The number of benzene rings is 2. The fourth-order valence-corrected chi connectivity index (χ4v) is 14.0. The van der Waals surface area contributed by atoms with E-state index in [-0.39, 0.29) is 11.4 Å². The molecule has 2 rings (SSSR count). The molecule has 0 bridgehead atoms. The monoisotopic (exact) mass is 484 g/mol. The van der Waals surface area contributed by atoms with E-state index in [1.165, 1.54) is 0 Å². The molecule has 2 atom stereocenters. The molecule has 180 valence electrons. The summed E-state index contributed by atoms with van der Waals surface area (Å²) in [6, 6.07) is 18.3.